The van der Waals surface area contributed by atoms with E-state index in [-0.39, 0.29) is 5.92 Å². The van der Waals surface area contributed by atoms with Crippen molar-refractivity contribution >= 4 is 0 Å². The van der Waals surface area contributed by atoms with Gasteiger partial charge in [0.15, 0.2) is 0 Å². The Balaban J connectivity index is 2.22. The summed E-state index contributed by atoms with van der Waals surface area (Å²) < 4.78 is 5.77. The minimum atomic E-state index is -0.393. The van der Waals surface area contributed by atoms with Gasteiger partial charge in [0, 0.05) is 6.54 Å². The highest BCUT2D eigenvalue weighted by molar-refractivity contribution is 5.27. The van der Waals surface area contributed by atoms with Crippen LogP contribution in [0.25, 0.3) is 0 Å². The van der Waals surface area contributed by atoms with Gasteiger partial charge in [-0.15, -0.1) is 0 Å². The maximum atomic E-state index is 9.68. The molecule has 0 bridgehead atoms. The molecule has 126 valence electrons. The van der Waals surface area contributed by atoms with Gasteiger partial charge in [0.1, 0.15) is 5.75 Å². The van der Waals surface area contributed by atoms with Crippen LogP contribution in [0, 0.1) is 5.92 Å². The maximum absolute atomic E-state index is 9.68. The lowest BCUT2D eigenvalue weighted by atomic mass is 9.96. The first kappa shape index (κ1) is 19.0. The third kappa shape index (κ3) is 7.81. The Bertz CT molecular complexity index is 378. The van der Waals surface area contributed by atoms with Gasteiger partial charge < -0.3 is 15.6 Å². The lowest BCUT2D eigenvalue weighted by molar-refractivity contribution is 0.120. The minimum Gasteiger partial charge on any atom is -0.494 e. The van der Waals surface area contributed by atoms with E-state index in [1.807, 2.05) is 19.1 Å². The van der Waals surface area contributed by atoms with Crippen molar-refractivity contribution in [3.63, 3.8) is 0 Å². The Morgan fingerprint density at radius 2 is 1.77 bits per heavy atom. The maximum Gasteiger partial charge on any atom is 0.119 e. The Morgan fingerprint density at radius 3 is 2.41 bits per heavy atom. The van der Waals surface area contributed by atoms with Crippen molar-refractivity contribution < 1.29 is 9.84 Å². The molecule has 22 heavy (non-hydrogen) atoms. The van der Waals surface area contributed by atoms with E-state index in [1.54, 1.807) is 0 Å². The van der Waals surface area contributed by atoms with E-state index in [9.17, 15) is 5.11 Å². The Hall–Kier alpha value is -1.06. The fourth-order valence-electron chi connectivity index (χ4n) is 2.47. The molecule has 0 spiro atoms. The molecule has 2 unspecified atom stereocenters. The van der Waals surface area contributed by atoms with Crippen molar-refractivity contribution in [2.75, 3.05) is 13.2 Å². The summed E-state index contributed by atoms with van der Waals surface area (Å²) in [4.78, 5) is 0. The van der Waals surface area contributed by atoms with E-state index in [0.717, 1.165) is 31.6 Å². The molecule has 0 radical (unpaired) electrons. The van der Waals surface area contributed by atoms with E-state index in [2.05, 4.69) is 19.1 Å². The van der Waals surface area contributed by atoms with Gasteiger partial charge in [-0.3, -0.25) is 0 Å². The van der Waals surface area contributed by atoms with E-state index in [4.69, 9.17) is 10.5 Å². The first-order valence-electron chi connectivity index (χ1n) is 8.77. The number of rotatable bonds is 12. The molecule has 0 aromatic heterocycles. The second-order valence-electron chi connectivity index (χ2n) is 6.23. The number of ether oxygens (including phenoxy) is 1. The zero-order chi connectivity index (χ0) is 16.2. The molecule has 0 fully saturated rings. The van der Waals surface area contributed by atoms with Gasteiger partial charge in [0.2, 0.25) is 0 Å². The normalized spacial score (nSPS) is 13.8. The average molecular weight is 307 g/mol. The van der Waals surface area contributed by atoms with Crippen LogP contribution in [0.4, 0.5) is 0 Å². The largest absolute Gasteiger partial charge is 0.494 e. The van der Waals surface area contributed by atoms with Gasteiger partial charge >= 0.3 is 0 Å². The first-order valence-corrected chi connectivity index (χ1v) is 8.77. The SMILES string of the molecule is CCCCCCCOc1ccc(CCC(C)C(O)CN)cc1. The number of aliphatic hydroxyl groups excluding tert-OH is 1. The minimum absolute atomic E-state index is 0.240. The van der Waals surface area contributed by atoms with Crippen LogP contribution >= 0.6 is 0 Å². The van der Waals surface area contributed by atoms with Gasteiger partial charge in [-0.2, -0.15) is 0 Å². The summed E-state index contributed by atoms with van der Waals surface area (Å²) >= 11 is 0. The number of nitrogens with two attached hydrogens (primary N) is 1. The molecule has 0 amide bonds. The zero-order valence-electron chi connectivity index (χ0n) is 14.3. The number of aryl methyl sites for hydroxylation is 1. The number of benzene rings is 1. The number of hydrogen-bond acceptors (Lipinski definition) is 3. The molecule has 3 nitrogen and oxygen atoms in total. The predicted octanol–water partition coefficient (Wildman–Crippen LogP) is 3.92. The fourth-order valence-corrected chi connectivity index (χ4v) is 2.47. The van der Waals surface area contributed by atoms with Crippen LogP contribution in [0.1, 0.15) is 57.9 Å². The quantitative estimate of drug-likeness (QED) is 0.575. The Labute approximate surface area is 135 Å². The van der Waals surface area contributed by atoms with Crippen LogP contribution in [0.2, 0.25) is 0 Å². The predicted molar refractivity (Wildman–Crippen MR) is 93.2 cm³/mol. The molecule has 1 aromatic rings. The summed E-state index contributed by atoms with van der Waals surface area (Å²) in [7, 11) is 0. The molecule has 0 heterocycles. The highest BCUT2D eigenvalue weighted by atomic mass is 16.5. The van der Waals surface area contributed by atoms with Crippen LogP contribution in [-0.2, 0) is 6.42 Å². The molecule has 1 rings (SSSR count). The van der Waals surface area contributed by atoms with Crippen LogP contribution in [-0.4, -0.2) is 24.4 Å². The third-order valence-corrected chi connectivity index (χ3v) is 4.23. The van der Waals surface area contributed by atoms with E-state index < -0.39 is 6.10 Å². The van der Waals surface area contributed by atoms with E-state index in [1.165, 1.54) is 31.2 Å². The third-order valence-electron chi connectivity index (χ3n) is 4.23. The Kier molecular flexibility index (Phi) is 9.93. The van der Waals surface area contributed by atoms with Crippen LogP contribution in [0.5, 0.6) is 5.75 Å². The standard InChI is InChI=1S/C19H33NO2/c1-3-4-5-6-7-14-22-18-12-10-17(11-13-18)9-8-16(2)19(21)15-20/h10-13,16,19,21H,3-9,14-15,20H2,1-2H3. The van der Waals surface area contributed by atoms with Crippen LogP contribution in [0.3, 0.4) is 0 Å². The molecule has 0 aliphatic carbocycles. The molecule has 2 atom stereocenters. The summed E-state index contributed by atoms with van der Waals surface area (Å²) in [6.07, 6.45) is 7.84. The van der Waals surface area contributed by atoms with Crippen molar-refractivity contribution in [2.24, 2.45) is 11.7 Å². The highest BCUT2D eigenvalue weighted by Gasteiger charge is 2.11. The first-order chi connectivity index (χ1) is 10.7. The molecule has 1 aromatic carbocycles. The van der Waals surface area contributed by atoms with Crippen molar-refractivity contribution in [1.29, 1.82) is 0 Å². The smallest absolute Gasteiger partial charge is 0.119 e. The lowest BCUT2D eigenvalue weighted by Gasteiger charge is -2.16. The van der Waals surface area contributed by atoms with Crippen LogP contribution < -0.4 is 10.5 Å². The lowest BCUT2D eigenvalue weighted by Crippen LogP contribution is -2.27. The number of unbranched alkanes of at least 4 members (excludes halogenated alkanes) is 4. The summed E-state index contributed by atoms with van der Waals surface area (Å²) in [6, 6.07) is 8.33. The Morgan fingerprint density at radius 1 is 1.09 bits per heavy atom. The van der Waals surface area contributed by atoms with E-state index >= 15 is 0 Å². The fraction of sp³-hybridized carbons (Fsp3) is 0.684. The monoisotopic (exact) mass is 307 g/mol. The zero-order valence-corrected chi connectivity index (χ0v) is 14.3. The molecule has 3 heteroatoms. The van der Waals surface area contributed by atoms with Crippen molar-refractivity contribution in [3.8, 4) is 5.75 Å². The van der Waals surface area contributed by atoms with Gasteiger partial charge in [0.25, 0.3) is 0 Å². The number of aliphatic hydroxyl groups is 1. The molecule has 0 aliphatic rings. The summed E-state index contributed by atoms with van der Waals surface area (Å²) in [5.74, 6) is 1.19. The second kappa shape index (κ2) is 11.5. The molecule has 0 saturated carbocycles. The van der Waals surface area contributed by atoms with Crippen LogP contribution in [0.15, 0.2) is 24.3 Å². The summed E-state index contributed by atoms with van der Waals surface area (Å²) in [6.45, 7) is 5.43. The van der Waals surface area contributed by atoms with Gasteiger partial charge in [-0.05, 0) is 42.9 Å². The van der Waals surface area contributed by atoms with Gasteiger partial charge in [-0.1, -0.05) is 51.7 Å². The topological polar surface area (TPSA) is 55.5 Å². The summed E-state index contributed by atoms with van der Waals surface area (Å²) in [5, 5.41) is 9.68. The van der Waals surface area contributed by atoms with Gasteiger partial charge in [-0.25, -0.2) is 0 Å². The molecule has 3 N–H and O–H groups in total. The van der Waals surface area contributed by atoms with Gasteiger partial charge in [0.05, 0.1) is 12.7 Å². The molecule has 0 saturated heterocycles. The highest BCUT2D eigenvalue weighted by Crippen LogP contribution is 2.17. The molecular weight excluding hydrogens is 274 g/mol. The van der Waals surface area contributed by atoms with Crippen molar-refractivity contribution in [2.45, 2.75) is 64.9 Å². The number of hydrogen-bond donors (Lipinski definition) is 2. The summed E-state index contributed by atoms with van der Waals surface area (Å²) in [5.41, 5.74) is 6.76. The molecular formula is C19H33NO2. The average Bonchev–Trinajstić information content (AvgIpc) is 2.56. The van der Waals surface area contributed by atoms with Crippen molar-refractivity contribution in [3.05, 3.63) is 29.8 Å². The second-order valence-corrected chi connectivity index (χ2v) is 6.23. The van der Waals surface area contributed by atoms with E-state index in [0.29, 0.717) is 6.54 Å². The molecule has 0 aliphatic heterocycles. The van der Waals surface area contributed by atoms with Crippen molar-refractivity contribution in [1.82, 2.24) is 0 Å².